The van der Waals surface area contributed by atoms with Gasteiger partial charge in [-0.15, -0.1) is 24.0 Å². The fourth-order valence-electron chi connectivity index (χ4n) is 1.40. The van der Waals surface area contributed by atoms with Crippen molar-refractivity contribution in [2.24, 2.45) is 4.99 Å². The number of nitrogens with one attached hydrogen (secondary N) is 2. The van der Waals surface area contributed by atoms with Crippen LogP contribution in [0.4, 0.5) is 0 Å². The van der Waals surface area contributed by atoms with E-state index in [4.69, 9.17) is 11.6 Å². The molecule has 0 aliphatic heterocycles. The monoisotopic (exact) mass is 439 g/mol. The summed E-state index contributed by atoms with van der Waals surface area (Å²) in [5.41, 5.74) is 0.809. The lowest BCUT2D eigenvalue weighted by Gasteiger charge is -2.16. The highest BCUT2D eigenvalue weighted by Gasteiger charge is 2.07. The van der Waals surface area contributed by atoms with Crippen molar-refractivity contribution in [2.45, 2.75) is 26.4 Å². The van der Waals surface area contributed by atoms with Crippen molar-refractivity contribution in [3.63, 3.8) is 0 Å². The Balaban J connectivity index is 0.00000441. The molecule has 0 unspecified atom stereocenters. The van der Waals surface area contributed by atoms with Gasteiger partial charge in [-0.25, -0.2) is 4.99 Å². The number of rotatable bonds is 5. The van der Waals surface area contributed by atoms with Gasteiger partial charge in [0.05, 0.1) is 23.8 Å². The summed E-state index contributed by atoms with van der Waals surface area (Å²) < 4.78 is 0. The molecule has 2 N–H and O–H groups in total. The third-order valence-corrected chi connectivity index (χ3v) is 2.74. The minimum atomic E-state index is -0.0159. The second-order valence-corrected chi connectivity index (χ2v) is 5.51. The fraction of sp³-hybridized carbons (Fsp3) is 0.500. The topological polar surface area (TPSA) is 69.6 Å². The summed E-state index contributed by atoms with van der Waals surface area (Å²) in [6, 6.07) is 3.81. The van der Waals surface area contributed by atoms with Crippen molar-refractivity contribution in [1.29, 1.82) is 0 Å². The van der Waals surface area contributed by atoms with E-state index in [1.54, 1.807) is 26.4 Å². The van der Waals surface area contributed by atoms with Gasteiger partial charge in [-0.05, 0) is 26.0 Å². The molecule has 0 bridgehead atoms. The molecule has 0 saturated heterocycles. The molecule has 1 amide bonds. The summed E-state index contributed by atoms with van der Waals surface area (Å²) in [6.45, 7) is 4.62. The zero-order valence-electron chi connectivity index (χ0n) is 13.3. The molecule has 1 rings (SSSR count). The molecule has 0 saturated carbocycles. The number of halogens is 2. The smallest absolute Gasteiger partial charge is 0.241 e. The highest BCUT2D eigenvalue weighted by molar-refractivity contribution is 14.0. The maximum Gasteiger partial charge on any atom is 0.241 e. The molecule has 1 aromatic rings. The van der Waals surface area contributed by atoms with E-state index < -0.39 is 0 Å². The number of carbonyl (C=O) groups excluding carboxylic acids is 1. The van der Waals surface area contributed by atoms with Crippen LogP contribution in [0.2, 0.25) is 5.02 Å². The molecule has 124 valence electrons. The maximum atomic E-state index is 11.6. The molecule has 0 spiro atoms. The molecular formula is C14H23ClIN5O. The van der Waals surface area contributed by atoms with Gasteiger partial charge in [0.25, 0.3) is 0 Å². The summed E-state index contributed by atoms with van der Waals surface area (Å²) >= 11 is 5.79. The Kier molecular flexibility index (Phi) is 10.1. The molecule has 0 atom stereocenters. The predicted octanol–water partition coefficient (Wildman–Crippen LogP) is 1.88. The molecule has 0 aromatic carbocycles. The third kappa shape index (κ3) is 8.38. The quantitative estimate of drug-likeness (QED) is 0.418. The van der Waals surface area contributed by atoms with Crippen molar-refractivity contribution in [3.05, 3.63) is 29.0 Å². The number of guanidine groups is 1. The van der Waals surface area contributed by atoms with Crippen LogP contribution in [0.5, 0.6) is 0 Å². The van der Waals surface area contributed by atoms with Gasteiger partial charge in [0.2, 0.25) is 5.91 Å². The van der Waals surface area contributed by atoms with Crippen LogP contribution in [-0.4, -0.2) is 48.4 Å². The standard InChI is InChI=1S/C14H22ClN5O.HI/c1-10(2)19-14(18-9-13(21)20(3)4)17-8-12-6-5-11(15)7-16-12;/h5-7,10H,8-9H2,1-4H3,(H2,17,18,19);1H. The Morgan fingerprint density at radius 3 is 2.59 bits per heavy atom. The lowest BCUT2D eigenvalue weighted by molar-refractivity contribution is -0.127. The van der Waals surface area contributed by atoms with Crippen LogP contribution in [0.1, 0.15) is 19.5 Å². The zero-order chi connectivity index (χ0) is 15.8. The molecule has 6 nitrogen and oxygen atoms in total. The summed E-state index contributed by atoms with van der Waals surface area (Å²) in [7, 11) is 3.43. The largest absolute Gasteiger partial charge is 0.354 e. The molecule has 8 heteroatoms. The van der Waals surface area contributed by atoms with E-state index in [9.17, 15) is 4.79 Å². The van der Waals surface area contributed by atoms with E-state index in [1.165, 1.54) is 4.90 Å². The van der Waals surface area contributed by atoms with Crippen LogP contribution in [0.15, 0.2) is 23.3 Å². The van der Waals surface area contributed by atoms with Gasteiger partial charge in [-0.3, -0.25) is 9.78 Å². The Morgan fingerprint density at radius 1 is 1.41 bits per heavy atom. The van der Waals surface area contributed by atoms with Crippen molar-refractivity contribution in [2.75, 3.05) is 20.6 Å². The molecule has 1 aromatic heterocycles. The molecule has 0 fully saturated rings. The highest BCUT2D eigenvalue weighted by atomic mass is 127. The molecule has 22 heavy (non-hydrogen) atoms. The molecule has 0 aliphatic rings. The van der Waals surface area contributed by atoms with Crippen LogP contribution in [0, 0.1) is 0 Å². The average molecular weight is 440 g/mol. The van der Waals surface area contributed by atoms with Crippen molar-refractivity contribution >= 4 is 47.4 Å². The van der Waals surface area contributed by atoms with Gasteiger partial charge in [0.15, 0.2) is 5.96 Å². The summed E-state index contributed by atoms with van der Waals surface area (Å²) in [4.78, 5) is 21.7. The average Bonchev–Trinajstić information content (AvgIpc) is 2.42. The van der Waals surface area contributed by atoms with Gasteiger partial charge < -0.3 is 15.5 Å². The second-order valence-electron chi connectivity index (χ2n) is 5.07. The zero-order valence-corrected chi connectivity index (χ0v) is 16.3. The number of hydrogen-bond donors (Lipinski definition) is 2. The molecular weight excluding hydrogens is 417 g/mol. The van der Waals surface area contributed by atoms with Crippen LogP contribution >= 0.6 is 35.6 Å². The van der Waals surface area contributed by atoms with Crippen molar-refractivity contribution in [1.82, 2.24) is 20.5 Å². The number of carbonyl (C=O) groups is 1. The third-order valence-electron chi connectivity index (χ3n) is 2.52. The summed E-state index contributed by atoms with van der Waals surface area (Å²) in [6.07, 6.45) is 1.59. The van der Waals surface area contributed by atoms with Crippen LogP contribution < -0.4 is 10.6 Å². The Bertz CT molecular complexity index is 491. The van der Waals surface area contributed by atoms with Gasteiger partial charge in [0.1, 0.15) is 0 Å². The van der Waals surface area contributed by atoms with E-state index in [0.29, 0.717) is 17.5 Å². The van der Waals surface area contributed by atoms with Crippen molar-refractivity contribution < 1.29 is 4.79 Å². The van der Waals surface area contributed by atoms with Crippen molar-refractivity contribution in [3.8, 4) is 0 Å². The first-order valence-corrected chi connectivity index (χ1v) is 7.11. The Morgan fingerprint density at radius 2 is 2.09 bits per heavy atom. The number of amides is 1. The van der Waals surface area contributed by atoms with E-state index >= 15 is 0 Å². The number of hydrogen-bond acceptors (Lipinski definition) is 3. The summed E-state index contributed by atoms with van der Waals surface area (Å²) in [5, 5.41) is 6.77. The van der Waals surface area contributed by atoms with Crippen LogP contribution in [0.3, 0.4) is 0 Å². The number of likely N-dealkylation sites (N-methyl/N-ethyl adjacent to an activating group) is 1. The fourth-order valence-corrected chi connectivity index (χ4v) is 1.52. The normalized spacial score (nSPS) is 10.9. The summed E-state index contributed by atoms with van der Waals surface area (Å²) in [5.74, 6) is 0.565. The molecule has 0 radical (unpaired) electrons. The first-order valence-electron chi connectivity index (χ1n) is 6.74. The minimum Gasteiger partial charge on any atom is -0.354 e. The lowest BCUT2D eigenvalue weighted by Crippen LogP contribution is -2.45. The minimum absolute atomic E-state index is 0. The number of pyridine rings is 1. The van der Waals surface area contributed by atoms with Crippen LogP contribution in [0.25, 0.3) is 0 Å². The predicted molar refractivity (Wildman–Crippen MR) is 101 cm³/mol. The van der Waals surface area contributed by atoms with Gasteiger partial charge in [0, 0.05) is 26.3 Å². The second kappa shape index (κ2) is 10.6. The van der Waals surface area contributed by atoms with E-state index in [1.807, 2.05) is 19.9 Å². The van der Waals surface area contributed by atoms with Gasteiger partial charge in [-0.1, -0.05) is 11.6 Å². The SMILES string of the molecule is CC(C)NC(=NCc1ccc(Cl)cn1)NCC(=O)N(C)C.I. The van der Waals surface area contributed by atoms with E-state index in [2.05, 4.69) is 20.6 Å². The van der Waals surface area contributed by atoms with E-state index in [0.717, 1.165) is 5.69 Å². The first kappa shape index (κ1) is 20.9. The molecule has 0 aliphatic carbocycles. The Labute approximate surface area is 153 Å². The van der Waals surface area contributed by atoms with E-state index in [-0.39, 0.29) is 42.5 Å². The Hall–Kier alpha value is -1.09. The maximum absolute atomic E-state index is 11.6. The first-order chi connectivity index (χ1) is 9.88. The van der Waals surface area contributed by atoms with Crippen LogP contribution in [-0.2, 0) is 11.3 Å². The van der Waals surface area contributed by atoms with Gasteiger partial charge in [-0.2, -0.15) is 0 Å². The lowest BCUT2D eigenvalue weighted by atomic mass is 10.3. The highest BCUT2D eigenvalue weighted by Crippen LogP contribution is 2.06. The van der Waals surface area contributed by atoms with Gasteiger partial charge >= 0.3 is 0 Å². The number of nitrogens with zero attached hydrogens (tertiary/aromatic N) is 3. The number of aromatic nitrogens is 1. The molecule has 1 heterocycles. The number of aliphatic imine (C=N–C) groups is 1.